The fourth-order valence-electron chi connectivity index (χ4n) is 0.316. The Labute approximate surface area is 39.3 Å². The van der Waals surface area contributed by atoms with E-state index in [1.54, 1.807) is 0 Å². The molecule has 3 nitrogen and oxygen atoms in total. The van der Waals surface area contributed by atoms with Crippen LogP contribution in [0.4, 0.5) is 4.48 Å². The predicted octanol–water partition coefficient (Wildman–Crippen LogP) is -0.360. The minimum Gasteiger partial charge on any atom is -0.480 e. The minimum absolute atomic E-state index is 0.0509. The molecule has 0 aromatic heterocycles. The van der Waals surface area contributed by atoms with Crippen LogP contribution >= 0.6 is 0 Å². The summed E-state index contributed by atoms with van der Waals surface area (Å²) in [6.45, 7) is 0.0509. The lowest BCUT2D eigenvalue weighted by atomic mass is 10.5. The van der Waals surface area contributed by atoms with Crippen LogP contribution in [-0.4, -0.2) is 28.8 Å². The van der Waals surface area contributed by atoms with Gasteiger partial charge in [-0.05, 0) is 0 Å². The Morgan fingerprint density at radius 1 is 2.00 bits per heavy atom. The molecule has 2 atom stereocenters. The third-order valence-electron chi connectivity index (χ3n) is 0.837. The van der Waals surface area contributed by atoms with Crippen molar-refractivity contribution in [2.75, 3.05) is 6.54 Å². The fourth-order valence-corrected chi connectivity index (χ4v) is 0.316. The highest BCUT2D eigenvalue weighted by Gasteiger charge is 2.41. The number of carboxylic acid groups (broad SMARTS) is 1. The number of halogens is 1. The molecule has 7 heavy (non-hydrogen) atoms. The highest BCUT2D eigenvalue weighted by atomic mass is 19.2. The van der Waals surface area contributed by atoms with Crippen molar-refractivity contribution in [3.63, 3.8) is 0 Å². The summed E-state index contributed by atoms with van der Waals surface area (Å²) in [7, 11) is 0. The van der Waals surface area contributed by atoms with E-state index in [4.69, 9.17) is 5.11 Å². The molecule has 40 valence electrons. The van der Waals surface area contributed by atoms with Crippen molar-refractivity contribution in [3.8, 4) is 0 Å². The monoisotopic (exact) mass is 105 g/mol. The average Bonchev–Trinajstić information content (AvgIpc) is 2.17. The molecule has 0 spiro atoms. The Bertz CT molecular complexity index is 105. The molecule has 1 rings (SSSR count). The highest BCUT2D eigenvalue weighted by Crippen LogP contribution is 2.16. The third-order valence-corrected chi connectivity index (χ3v) is 0.837. The summed E-state index contributed by atoms with van der Waals surface area (Å²) < 4.78 is 11.5. The van der Waals surface area contributed by atoms with E-state index in [9.17, 15) is 9.28 Å². The van der Waals surface area contributed by atoms with Gasteiger partial charge in [-0.2, -0.15) is 0 Å². The van der Waals surface area contributed by atoms with Gasteiger partial charge in [-0.3, -0.25) is 4.79 Å². The lowest BCUT2D eigenvalue weighted by molar-refractivity contribution is -0.138. The molecule has 1 aliphatic heterocycles. The van der Waals surface area contributed by atoms with Crippen LogP contribution in [0.2, 0.25) is 0 Å². The first-order chi connectivity index (χ1) is 3.22. The van der Waals surface area contributed by atoms with Crippen molar-refractivity contribution in [1.29, 1.82) is 0 Å². The fraction of sp³-hybridized carbons (Fsp3) is 0.667. The molecule has 0 saturated carbocycles. The number of carbonyl (C=O) groups is 1. The quantitative estimate of drug-likeness (QED) is 0.365. The van der Waals surface area contributed by atoms with E-state index < -0.39 is 12.0 Å². The molecule has 1 aliphatic rings. The van der Waals surface area contributed by atoms with Crippen LogP contribution in [0.3, 0.4) is 0 Å². The second-order valence-corrected chi connectivity index (χ2v) is 1.44. The van der Waals surface area contributed by atoms with Crippen LogP contribution in [0.25, 0.3) is 0 Å². The Balaban J connectivity index is 2.33. The Kier molecular flexibility index (Phi) is 0.751. The first kappa shape index (κ1) is 4.52. The number of aliphatic carboxylic acids is 1. The van der Waals surface area contributed by atoms with Gasteiger partial charge in [0.25, 0.3) is 0 Å². The van der Waals surface area contributed by atoms with Gasteiger partial charge in [0.2, 0.25) is 0 Å². The highest BCUT2D eigenvalue weighted by molar-refractivity contribution is 5.76. The molecule has 0 amide bonds. The zero-order valence-electron chi connectivity index (χ0n) is 3.47. The lowest BCUT2D eigenvalue weighted by Gasteiger charge is -1.78. The second-order valence-electron chi connectivity index (χ2n) is 1.44. The van der Waals surface area contributed by atoms with Crippen molar-refractivity contribution in [1.82, 2.24) is 5.12 Å². The largest absolute Gasteiger partial charge is 0.480 e. The van der Waals surface area contributed by atoms with E-state index in [0.29, 0.717) is 0 Å². The normalized spacial score (nSPS) is 37.9. The van der Waals surface area contributed by atoms with Gasteiger partial charge in [0.15, 0.2) is 6.04 Å². The van der Waals surface area contributed by atoms with Gasteiger partial charge in [-0.25, -0.2) is 0 Å². The molecule has 1 saturated heterocycles. The SMILES string of the molecule is O=C(O)C1CN1F. The number of carboxylic acids is 1. The summed E-state index contributed by atoms with van der Waals surface area (Å²) in [6, 6.07) is -0.847. The van der Waals surface area contributed by atoms with Gasteiger partial charge < -0.3 is 5.11 Å². The van der Waals surface area contributed by atoms with Gasteiger partial charge in [0.1, 0.15) is 0 Å². The van der Waals surface area contributed by atoms with Crippen molar-refractivity contribution >= 4 is 5.97 Å². The van der Waals surface area contributed by atoms with Crippen LogP contribution in [-0.2, 0) is 4.79 Å². The summed E-state index contributed by atoms with van der Waals surface area (Å²) >= 11 is 0. The Morgan fingerprint density at radius 3 is 2.43 bits per heavy atom. The van der Waals surface area contributed by atoms with Gasteiger partial charge >= 0.3 is 5.97 Å². The van der Waals surface area contributed by atoms with Crippen molar-refractivity contribution < 1.29 is 14.4 Å². The molecule has 1 N–H and O–H groups in total. The molecule has 0 aromatic carbocycles. The Morgan fingerprint density at radius 2 is 2.43 bits per heavy atom. The molecule has 2 unspecified atom stereocenters. The number of rotatable bonds is 1. The molecule has 0 bridgehead atoms. The summed E-state index contributed by atoms with van der Waals surface area (Å²) in [5.41, 5.74) is 0. The maximum Gasteiger partial charge on any atom is 0.325 e. The lowest BCUT2D eigenvalue weighted by Crippen LogP contribution is -2.06. The minimum atomic E-state index is -1.08. The third kappa shape index (κ3) is 0.691. The van der Waals surface area contributed by atoms with E-state index in [0.717, 1.165) is 0 Å². The summed E-state index contributed by atoms with van der Waals surface area (Å²) in [5.74, 6) is -1.08. The van der Waals surface area contributed by atoms with E-state index >= 15 is 0 Å². The van der Waals surface area contributed by atoms with Gasteiger partial charge in [0.05, 0.1) is 6.54 Å². The summed E-state index contributed by atoms with van der Waals surface area (Å²) in [4.78, 5) is 9.69. The maximum absolute atomic E-state index is 11.5. The van der Waals surface area contributed by atoms with Gasteiger partial charge in [-0.1, -0.05) is 0 Å². The first-order valence-corrected chi connectivity index (χ1v) is 1.87. The zero-order chi connectivity index (χ0) is 5.44. The molecule has 4 heteroatoms. The molecular weight excluding hydrogens is 101 g/mol. The summed E-state index contributed by atoms with van der Waals surface area (Å²) in [6.07, 6.45) is 0. The predicted molar refractivity (Wildman–Crippen MR) is 19.2 cm³/mol. The van der Waals surface area contributed by atoms with Crippen LogP contribution < -0.4 is 0 Å². The van der Waals surface area contributed by atoms with Gasteiger partial charge in [-0.15, -0.1) is 9.60 Å². The Hall–Kier alpha value is -0.640. The van der Waals surface area contributed by atoms with Crippen LogP contribution in [0.5, 0.6) is 0 Å². The summed E-state index contributed by atoms with van der Waals surface area (Å²) in [5, 5.41) is 8.21. The van der Waals surface area contributed by atoms with E-state index in [2.05, 4.69) is 0 Å². The first-order valence-electron chi connectivity index (χ1n) is 1.87. The van der Waals surface area contributed by atoms with Crippen molar-refractivity contribution in [2.24, 2.45) is 0 Å². The molecule has 0 radical (unpaired) electrons. The van der Waals surface area contributed by atoms with Crippen molar-refractivity contribution in [2.45, 2.75) is 6.04 Å². The van der Waals surface area contributed by atoms with Crippen LogP contribution in [0, 0.1) is 0 Å². The molecule has 1 fully saturated rings. The van der Waals surface area contributed by atoms with Crippen LogP contribution in [0.1, 0.15) is 0 Å². The van der Waals surface area contributed by atoms with E-state index in [-0.39, 0.29) is 11.7 Å². The molecule has 0 aliphatic carbocycles. The number of hydrogen-bond acceptors (Lipinski definition) is 2. The van der Waals surface area contributed by atoms with Gasteiger partial charge in [0, 0.05) is 0 Å². The van der Waals surface area contributed by atoms with E-state index in [1.165, 1.54) is 0 Å². The average molecular weight is 105 g/mol. The van der Waals surface area contributed by atoms with E-state index in [1.807, 2.05) is 0 Å². The number of nitrogens with zero attached hydrogens (tertiary/aromatic N) is 1. The maximum atomic E-state index is 11.5. The standard InChI is InChI=1S/C3H4FNO2/c4-5-1-2(5)3(6)7/h2H,1H2,(H,6,7). The molecular formula is C3H4FNO2. The number of hydrogen-bond donors (Lipinski definition) is 1. The zero-order valence-corrected chi connectivity index (χ0v) is 3.47. The smallest absolute Gasteiger partial charge is 0.325 e. The molecule has 1 heterocycles. The van der Waals surface area contributed by atoms with Crippen molar-refractivity contribution in [3.05, 3.63) is 0 Å². The molecule has 0 aromatic rings. The topological polar surface area (TPSA) is 40.3 Å². The second kappa shape index (κ2) is 1.16. The van der Waals surface area contributed by atoms with Crippen LogP contribution in [0.15, 0.2) is 0 Å².